The molecular formula is C15H15NO4. The quantitative estimate of drug-likeness (QED) is 0.685. The summed E-state index contributed by atoms with van der Waals surface area (Å²) < 4.78 is 15.5. The van der Waals surface area contributed by atoms with Crippen molar-refractivity contribution in [3.8, 4) is 17.2 Å². The van der Waals surface area contributed by atoms with Gasteiger partial charge in [0.25, 0.3) is 0 Å². The zero-order valence-corrected chi connectivity index (χ0v) is 11.3. The van der Waals surface area contributed by atoms with Crippen LogP contribution in [0.5, 0.6) is 17.2 Å². The molecule has 0 spiro atoms. The Hall–Kier alpha value is -2.69. The highest BCUT2D eigenvalue weighted by Gasteiger charge is 2.14. The predicted molar refractivity (Wildman–Crippen MR) is 75.3 cm³/mol. The summed E-state index contributed by atoms with van der Waals surface area (Å²) in [5.41, 5.74) is 6.41. The lowest BCUT2D eigenvalue weighted by Crippen LogP contribution is -2.04. The van der Waals surface area contributed by atoms with E-state index in [9.17, 15) is 4.79 Å². The zero-order chi connectivity index (χ0) is 14.5. The number of carbonyl (C=O) groups excluding carboxylic acids is 1. The van der Waals surface area contributed by atoms with Gasteiger partial charge in [-0.1, -0.05) is 6.07 Å². The second-order valence-corrected chi connectivity index (χ2v) is 4.03. The molecule has 0 radical (unpaired) electrons. The second-order valence-electron chi connectivity index (χ2n) is 4.03. The van der Waals surface area contributed by atoms with Crippen molar-refractivity contribution in [2.45, 2.75) is 0 Å². The van der Waals surface area contributed by atoms with Crippen molar-refractivity contribution in [1.82, 2.24) is 0 Å². The van der Waals surface area contributed by atoms with Crippen LogP contribution in [-0.2, 0) is 4.74 Å². The fourth-order valence-corrected chi connectivity index (χ4v) is 1.70. The Bertz CT molecular complexity index is 625. The number of nitrogen functional groups attached to an aromatic ring is 1. The van der Waals surface area contributed by atoms with E-state index < -0.39 is 5.97 Å². The number of esters is 1. The number of hydrogen-bond acceptors (Lipinski definition) is 5. The summed E-state index contributed by atoms with van der Waals surface area (Å²) in [5, 5.41) is 0. The molecular weight excluding hydrogens is 258 g/mol. The van der Waals surface area contributed by atoms with Crippen molar-refractivity contribution in [2.24, 2.45) is 0 Å². The lowest BCUT2D eigenvalue weighted by atomic mass is 10.2. The van der Waals surface area contributed by atoms with E-state index in [1.165, 1.54) is 13.2 Å². The van der Waals surface area contributed by atoms with Crippen molar-refractivity contribution >= 4 is 11.7 Å². The minimum Gasteiger partial charge on any atom is -0.497 e. The number of ether oxygens (including phenoxy) is 3. The summed E-state index contributed by atoms with van der Waals surface area (Å²) in [6, 6.07) is 11.9. The molecule has 0 aliphatic rings. The maximum absolute atomic E-state index is 11.7. The van der Waals surface area contributed by atoms with Gasteiger partial charge >= 0.3 is 5.97 Å². The van der Waals surface area contributed by atoms with Gasteiger partial charge in [0.05, 0.1) is 14.2 Å². The molecule has 2 N–H and O–H groups in total. The Morgan fingerprint density at radius 3 is 2.50 bits per heavy atom. The molecule has 0 atom stereocenters. The number of nitrogens with two attached hydrogens (primary N) is 1. The Labute approximate surface area is 116 Å². The van der Waals surface area contributed by atoms with Crippen molar-refractivity contribution in [1.29, 1.82) is 0 Å². The minimum atomic E-state index is -0.504. The molecule has 5 nitrogen and oxygen atoms in total. The Kier molecular flexibility index (Phi) is 4.10. The van der Waals surface area contributed by atoms with Crippen LogP contribution in [0.1, 0.15) is 10.4 Å². The molecule has 2 rings (SSSR count). The topological polar surface area (TPSA) is 70.8 Å². The van der Waals surface area contributed by atoms with E-state index in [2.05, 4.69) is 0 Å². The first-order chi connectivity index (χ1) is 9.63. The summed E-state index contributed by atoms with van der Waals surface area (Å²) in [4.78, 5) is 11.7. The largest absolute Gasteiger partial charge is 0.497 e. The van der Waals surface area contributed by atoms with E-state index in [1.807, 2.05) is 0 Å². The Morgan fingerprint density at radius 2 is 1.80 bits per heavy atom. The van der Waals surface area contributed by atoms with Gasteiger partial charge in [0.15, 0.2) is 0 Å². The normalized spacial score (nSPS) is 9.90. The average Bonchev–Trinajstić information content (AvgIpc) is 2.48. The first-order valence-corrected chi connectivity index (χ1v) is 5.94. The summed E-state index contributed by atoms with van der Waals surface area (Å²) >= 11 is 0. The van der Waals surface area contributed by atoms with Crippen molar-refractivity contribution in [2.75, 3.05) is 20.0 Å². The van der Waals surface area contributed by atoms with Gasteiger partial charge in [0.2, 0.25) is 0 Å². The molecule has 5 heteroatoms. The van der Waals surface area contributed by atoms with Crippen LogP contribution in [-0.4, -0.2) is 20.2 Å². The van der Waals surface area contributed by atoms with Crippen LogP contribution in [0.15, 0.2) is 42.5 Å². The van der Waals surface area contributed by atoms with Crippen molar-refractivity contribution in [3.05, 3.63) is 48.0 Å². The maximum atomic E-state index is 11.7. The maximum Gasteiger partial charge on any atom is 0.341 e. The standard InChI is InChI=1S/C15H15NO4/c1-18-11-4-3-5-12(9-11)20-14-7-6-10(16)8-13(14)15(17)19-2/h3-9H,16H2,1-2H3. The highest BCUT2D eigenvalue weighted by Crippen LogP contribution is 2.29. The number of benzene rings is 2. The molecule has 0 fully saturated rings. The van der Waals surface area contributed by atoms with Crippen LogP contribution in [0.25, 0.3) is 0 Å². The van der Waals surface area contributed by atoms with Gasteiger partial charge in [0, 0.05) is 11.8 Å². The van der Waals surface area contributed by atoms with E-state index in [1.54, 1.807) is 43.5 Å². The fraction of sp³-hybridized carbons (Fsp3) is 0.133. The molecule has 104 valence electrons. The first kappa shape index (κ1) is 13.7. The van der Waals surface area contributed by atoms with Crippen LogP contribution in [0, 0.1) is 0 Å². The molecule has 0 aromatic heterocycles. The molecule has 0 unspecified atom stereocenters. The number of hydrogen-bond donors (Lipinski definition) is 1. The lowest BCUT2D eigenvalue weighted by Gasteiger charge is -2.11. The second kappa shape index (κ2) is 5.97. The van der Waals surface area contributed by atoms with Gasteiger partial charge in [-0.2, -0.15) is 0 Å². The van der Waals surface area contributed by atoms with Crippen molar-refractivity contribution in [3.63, 3.8) is 0 Å². The fourth-order valence-electron chi connectivity index (χ4n) is 1.70. The third-order valence-electron chi connectivity index (χ3n) is 2.68. The monoisotopic (exact) mass is 273 g/mol. The molecule has 0 bridgehead atoms. The third kappa shape index (κ3) is 3.00. The molecule has 0 heterocycles. The van der Waals surface area contributed by atoms with Gasteiger partial charge in [-0.3, -0.25) is 0 Å². The van der Waals surface area contributed by atoms with E-state index in [0.29, 0.717) is 22.9 Å². The predicted octanol–water partition coefficient (Wildman–Crippen LogP) is 2.86. The molecule has 0 saturated carbocycles. The summed E-state index contributed by atoms with van der Waals surface area (Å²) in [7, 11) is 2.88. The van der Waals surface area contributed by atoms with Gasteiger partial charge in [0.1, 0.15) is 22.8 Å². The summed E-state index contributed by atoms with van der Waals surface area (Å²) in [6.45, 7) is 0. The number of anilines is 1. The Morgan fingerprint density at radius 1 is 1.05 bits per heavy atom. The molecule has 0 aliphatic carbocycles. The minimum absolute atomic E-state index is 0.273. The number of methoxy groups -OCH3 is 2. The van der Waals surface area contributed by atoms with Gasteiger partial charge in [-0.25, -0.2) is 4.79 Å². The Balaban J connectivity index is 2.35. The highest BCUT2D eigenvalue weighted by molar-refractivity contribution is 5.93. The smallest absolute Gasteiger partial charge is 0.341 e. The van der Waals surface area contributed by atoms with Gasteiger partial charge in [-0.15, -0.1) is 0 Å². The molecule has 0 saturated heterocycles. The number of rotatable bonds is 4. The van der Waals surface area contributed by atoms with Gasteiger partial charge in [-0.05, 0) is 30.3 Å². The highest BCUT2D eigenvalue weighted by atomic mass is 16.5. The van der Waals surface area contributed by atoms with Gasteiger partial charge < -0.3 is 19.9 Å². The zero-order valence-electron chi connectivity index (χ0n) is 11.3. The van der Waals surface area contributed by atoms with E-state index in [4.69, 9.17) is 19.9 Å². The third-order valence-corrected chi connectivity index (χ3v) is 2.68. The molecule has 2 aromatic rings. The van der Waals surface area contributed by atoms with Crippen LogP contribution in [0.4, 0.5) is 5.69 Å². The van der Waals surface area contributed by atoms with E-state index in [-0.39, 0.29) is 5.56 Å². The van der Waals surface area contributed by atoms with Crippen molar-refractivity contribution < 1.29 is 19.0 Å². The first-order valence-electron chi connectivity index (χ1n) is 5.94. The summed E-state index contributed by atoms with van der Waals surface area (Å²) in [6.07, 6.45) is 0. The lowest BCUT2D eigenvalue weighted by molar-refractivity contribution is 0.0598. The molecule has 2 aromatic carbocycles. The number of carbonyl (C=O) groups is 1. The molecule has 20 heavy (non-hydrogen) atoms. The van der Waals surface area contributed by atoms with E-state index in [0.717, 1.165) is 0 Å². The molecule has 0 aliphatic heterocycles. The van der Waals surface area contributed by atoms with E-state index >= 15 is 0 Å². The van der Waals surface area contributed by atoms with Crippen LogP contribution in [0.3, 0.4) is 0 Å². The van der Waals surface area contributed by atoms with Crippen LogP contribution >= 0.6 is 0 Å². The van der Waals surface area contributed by atoms with Crippen LogP contribution in [0.2, 0.25) is 0 Å². The molecule has 0 amide bonds. The average molecular weight is 273 g/mol. The van der Waals surface area contributed by atoms with Crippen LogP contribution < -0.4 is 15.2 Å². The summed E-state index contributed by atoms with van der Waals surface area (Å²) in [5.74, 6) is 1.09. The SMILES string of the molecule is COC(=O)c1cc(N)ccc1Oc1cccc(OC)c1.